The lowest BCUT2D eigenvalue weighted by molar-refractivity contribution is -0.0886. The first-order valence-electron chi connectivity index (χ1n) is 5.41. The Labute approximate surface area is 103 Å². The molecule has 3 nitrogen and oxygen atoms in total. The SMILES string of the molecule is CCOc1ccc(OCC)c(C(=O)C(F)(F)F)c1. The van der Waals surface area contributed by atoms with Crippen molar-refractivity contribution in [3.8, 4) is 11.5 Å². The molecule has 0 bridgehead atoms. The molecular formula is C12H13F3O3. The molecule has 0 aliphatic heterocycles. The number of hydrogen-bond acceptors (Lipinski definition) is 3. The summed E-state index contributed by atoms with van der Waals surface area (Å²) in [5.41, 5.74) is -0.532. The minimum Gasteiger partial charge on any atom is -0.494 e. The van der Waals surface area contributed by atoms with E-state index in [0.717, 1.165) is 6.07 Å². The van der Waals surface area contributed by atoms with E-state index in [-0.39, 0.29) is 18.1 Å². The van der Waals surface area contributed by atoms with Crippen LogP contribution in [0.25, 0.3) is 0 Å². The fourth-order valence-electron chi connectivity index (χ4n) is 1.38. The zero-order valence-corrected chi connectivity index (χ0v) is 10.0. The minimum atomic E-state index is -4.93. The number of ether oxygens (including phenoxy) is 2. The molecule has 100 valence electrons. The molecule has 6 heteroatoms. The third-order valence-corrected chi connectivity index (χ3v) is 2.06. The lowest BCUT2D eigenvalue weighted by Gasteiger charge is -2.13. The van der Waals surface area contributed by atoms with E-state index >= 15 is 0 Å². The Kier molecular flexibility index (Phi) is 4.58. The van der Waals surface area contributed by atoms with Gasteiger partial charge in [-0.2, -0.15) is 13.2 Å². The summed E-state index contributed by atoms with van der Waals surface area (Å²) < 4.78 is 47.4. The summed E-state index contributed by atoms with van der Waals surface area (Å²) in [5, 5.41) is 0. The zero-order chi connectivity index (χ0) is 13.8. The van der Waals surface area contributed by atoms with Gasteiger partial charge in [0.1, 0.15) is 11.5 Å². The second-order valence-electron chi connectivity index (χ2n) is 3.35. The van der Waals surface area contributed by atoms with Crippen molar-refractivity contribution in [1.82, 2.24) is 0 Å². The maximum absolute atomic E-state index is 12.4. The number of hydrogen-bond donors (Lipinski definition) is 0. The predicted octanol–water partition coefficient (Wildman–Crippen LogP) is 3.23. The smallest absolute Gasteiger partial charge is 0.455 e. The van der Waals surface area contributed by atoms with Crippen LogP contribution < -0.4 is 9.47 Å². The third kappa shape index (κ3) is 3.38. The number of carbonyl (C=O) groups is 1. The van der Waals surface area contributed by atoms with E-state index in [2.05, 4.69) is 0 Å². The van der Waals surface area contributed by atoms with Crippen LogP contribution in [0.2, 0.25) is 0 Å². The molecule has 0 aliphatic carbocycles. The quantitative estimate of drug-likeness (QED) is 0.764. The Morgan fingerprint density at radius 2 is 1.78 bits per heavy atom. The second-order valence-corrected chi connectivity index (χ2v) is 3.35. The molecular weight excluding hydrogens is 249 g/mol. The van der Waals surface area contributed by atoms with Crippen LogP contribution in [0.5, 0.6) is 11.5 Å². The Balaban J connectivity index is 3.18. The molecule has 0 radical (unpaired) electrons. The van der Waals surface area contributed by atoms with Gasteiger partial charge in [-0.05, 0) is 32.0 Å². The van der Waals surface area contributed by atoms with Gasteiger partial charge < -0.3 is 9.47 Å². The van der Waals surface area contributed by atoms with E-state index < -0.39 is 17.5 Å². The largest absolute Gasteiger partial charge is 0.494 e. The van der Waals surface area contributed by atoms with Gasteiger partial charge in [-0.1, -0.05) is 0 Å². The van der Waals surface area contributed by atoms with Gasteiger partial charge in [0.05, 0.1) is 18.8 Å². The molecule has 0 heterocycles. The van der Waals surface area contributed by atoms with Crippen molar-refractivity contribution in [2.24, 2.45) is 0 Å². The number of alkyl halides is 3. The van der Waals surface area contributed by atoms with Gasteiger partial charge in [0.2, 0.25) is 0 Å². The minimum absolute atomic E-state index is 0.0942. The summed E-state index contributed by atoms with van der Waals surface area (Å²) in [7, 11) is 0. The highest BCUT2D eigenvalue weighted by Crippen LogP contribution is 2.30. The van der Waals surface area contributed by atoms with Gasteiger partial charge in [-0.25, -0.2) is 0 Å². The first kappa shape index (κ1) is 14.3. The van der Waals surface area contributed by atoms with Gasteiger partial charge in [0.25, 0.3) is 5.78 Å². The summed E-state index contributed by atoms with van der Waals surface area (Å²) in [6.45, 7) is 3.79. The number of Topliss-reactive ketones (excluding diaryl/α,β-unsaturated/α-hetero) is 1. The molecule has 18 heavy (non-hydrogen) atoms. The molecule has 0 aromatic heterocycles. The first-order chi connectivity index (χ1) is 8.40. The van der Waals surface area contributed by atoms with Crippen molar-refractivity contribution in [1.29, 1.82) is 0 Å². The average Bonchev–Trinajstić information content (AvgIpc) is 2.29. The summed E-state index contributed by atoms with van der Waals surface area (Å²) >= 11 is 0. The molecule has 1 aromatic rings. The van der Waals surface area contributed by atoms with Crippen molar-refractivity contribution in [2.45, 2.75) is 20.0 Å². The van der Waals surface area contributed by atoms with Crippen molar-refractivity contribution >= 4 is 5.78 Å². The van der Waals surface area contributed by atoms with Crippen LogP contribution in [-0.4, -0.2) is 25.2 Å². The van der Waals surface area contributed by atoms with Crippen molar-refractivity contribution < 1.29 is 27.4 Å². The molecule has 0 atom stereocenters. The van der Waals surface area contributed by atoms with Gasteiger partial charge in [0, 0.05) is 0 Å². The molecule has 0 spiro atoms. The molecule has 0 saturated heterocycles. The Morgan fingerprint density at radius 1 is 1.17 bits per heavy atom. The van der Waals surface area contributed by atoms with Crippen molar-refractivity contribution in [3.63, 3.8) is 0 Å². The molecule has 0 saturated carbocycles. The summed E-state index contributed by atoms with van der Waals surface area (Å²) in [6, 6.07) is 3.80. The molecule has 0 unspecified atom stereocenters. The third-order valence-electron chi connectivity index (χ3n) is 2.06. The number of halogens is 3. The van der Waals surface area contributed by atoms with Crippen molar-refractivity contribution in [3.05, 3.63) is 23.8 Å². The van der Waals surface area contributed by atoms with Crippen LogP contribution in [0.4, 0.5) is 13.2 Å². The Morgan fingerprint density at radius 3 is 2.28 bits per heavy atom. The summed E-state index contributed by atoms with van der Waals surface area (Å²) in [5.74, 6) is -1.83. The van der Waals surface area contributed by atoms with Crippen molar-refractivity contribution in [2.75, 3.05) is 13.2 Å². The topological polar surface area (TPSA) is 35.5 Å². The van der Waals surface area contributed by atoms with Crippen LogP contribution in [0.3, 0.4) is 0 Å². The van der Waals surface area contributed by atoms with Gasteiger partial charge in [-0.3, -0.25) is 4.79 Å². The van der Waals surface area contributed by atoms with E-state index in [9.17, 15) is 18.0 Å². The number of carbonyl (C=O) groups excluding carboxylic acids is 1. The number of ketones is 1. The van der Waals surface area contributed by atoms with E-state index in [4.69, 9.17) is 9.47 Å². The number of rotatable bonds is 5. The monoisotopic (exact) mass is 262 g/mol. The predicted molar refractivity (Wildman–Crippen MR) is 59.2 cm³/mol. The highest BCUT2D eigenvalue weighted by molar-refractivity contribution is 6.02. The molecule has 0 fully saturated rings. The molecule has 1 rings (SSSR count). The van der Waals surface area contributed by atoms with E-state index in [0.29, 0.717) is 6.61 Å². The average molecular weight is 262 g/mol. The second kappa shape index (κ2) is 5.75. The summed E-state index contributed by atoms with van der Waals surface area (Å²) in [6.07, 6.45) is -4.93. The zero-order valence-electron chi connectivity index (χ0n) is 10.0. The Bertz CT molecular complexity index is 427. The van der Waals surface area contributed by atoms with Gasteiger partial charge >= 0.3 is 6.18 Å². The highest BCUT2D eigenvalue weighted by atomic mass is 19.4. The maximum Gasteiger partial charge on any atom is 0.455 e. The molecule has 0 aliphatic rings. The fourth-order valence-corrected chi connectivity index (χ4v) is 1.38. The van der Waals surface area contributed by atoms with E-state index in [1.54, 1.807) is 13.8 Å². The fraction of sp³-hybridized carbons (Fsp3) is 0.417. The van der Waals surface area contributed by atoms with E-state index in [1.165, 1.54) is 12.1 Å². The van der Waals surface area contributed by atoms with Gasteiger partial charge in [-0.15, -0.1) is 0 Å². The van der Waals surface area contributed by atoms with Gasteiger partial charge in [0.15, 0.2) is 0 Å². The normalized spacial score (nSPS) is 11.2. The van der Waals surface area contributed by atoms with Crippen LogP contribution in [0, 0.1) is 0 Å². The standard InChI is InChI=1S/C12H13F3O3/c1-3-17-8-5-6-10(18-4-2)9(7-8)11(16)12(13,14)15/h5-7H,3-4H2,1-2H3. The molecule has 1 aromatic carbocycles. The van der Waals surface area contributed by atoms with Crippen LogP contribution in [0.15, 0.2) is 18.2 Å². The van der Waals surface area contributed by atoms with Crippen LogP contribution in [0.1, 0.15) is 24.2 Å². The number of benzene rings is 1. The lowest BCUT2D eigenvalue weighted by Crippen LogP contribution is -2.23. The molecule has 0 N–H and O–H groups in total. The highest BCUT2D eigenvalue weighted by Gasteiger charge is 2.41. The first-order valence-corrected chi connectivity index (χ1v) is 5.41. The molecule has 0 amide bonds. The van der Waals surface area contributed by atoms with Crippen LogP contribution >= 0.6 is 0 Å². The van der Waals surface area contributed by atoms with Crippen LogP contribution in [-0.2, 0) is 0 Å². The summed E-state index contributed by atoms with van der Waals surface area (Å²) in [4.78, 5) is 11.3. The van der Waals surface area contributed by atoms with E-state index in [1.807, 2.05) is 0 Å². The lowest BCUT2D eigenvalue weighted by atomic mass is 10.1. The Hall–Kier alpha value is -1.72. The maximum atomic E-state index is 12.4.